The summed E-state index contributed by atoms with van der Waals surface area (Å²) >= 11 is 0. The molecule has 2 saturated heterocycles. The molecule has 1 amide bonds. The summed E-state index contributed by atoms with van der Waals surface area (Å²) in [5, 5.41) is 86.9. The first-order valence-electron chi connectivity index (χ1n) is 29.4. The van der Waals surface area contributed by atoms with Crippen molar-refractivity contribution in [1.82, 2.24) is 5.32 Å². The highest BCUT2D eigenvalue weighted by molar-refractivity contribution is 5.76. The van der Waals surface area contributed by atoms with Crippen LogP contribution in [0.15, 0.2) is 48.6 Å². The van der Waals surface area contributed by atoms with E-state index in [1.807, 2.05) is 6.08 Å². The third-order valence-corrected chi connectivity index (χ3v) is 14.3. The van der Waals surface area contributed by atoms with E-state index in [0.29, 0.717) is 6.42 Å². The number of unbranched alkanes of at least 4 members (excludes halogenated alkanes) is 27. The second-order valence-corrected chi connectivity index (χ2v) is 20.8. The van der Waals surface area contributed by atoms with Crippen LogP contribution in [0.3, 0.4) is 0 Å². The Morgan fingerprint density at radius 1 is 0.493 bits per heavy atom. The summed E-state index contributed by atoms with van der Waals surface area (Å²) in [6.07, 6.45) is 38.7. The smallest absolute Gasteiger partial charge is 0.220 e. The molecule has 0 radical (unpaired) electrons. The molecule has 73 heavy (non-hydrogen) atoms. The van der Waals surface area contributed by atoms with Crippen LogP contribution < -0.4 is 5.32 Å². The molecule has 0 bridgehead atoms. The van der Waals surface area contributed by atoms with Gasteiger partial charge in [-0.15, -0.1) is 0 Å². The van der Waals surface area contributed by atoms with E-state index in [9.17, 15) is 45.6 Å². The molecule has 0 saturated carbocycles. The molecule has 9 N–H and O–H groups in total. The van der Waals surface area contributed by atoms with Gasteiger partial charge in [0.15, 0.2) is 12.6 Å². The van der Waals surface area contributed by atoms with Gasteiger partial charge in [0.05, 0.1) is 32.0 Å². The monoisotopic (exact) mass is 1040 g/mol. The van der Waals surface area contributed by atoms with E-state index in [1.165, 1.54) is 148 Å². The van der Waals surface area contributed by atoms with Crippen LogP contribution in [0.25, 0.3) is 0 Å². The Hall–Kier alpha value is -2.05. The van der Waals surface area contributed by atoms with Crippen molar-refractivity contribution in [3.8, 4) is 0 Å². The Morgan fingerprint density at radius 3 is 1.38 bits per heavy atom. The summed E-state index contributed by atoms with van der Waals surface area (Å²) in [4.78, 5) is 13.2. The predicted molar refractivity (Wildman–Crippen MR) is 291 cm³/mol. The van der Waals surface area contributed by atoms with Gasteiger partial charge < -0.3 is 65.1 Å². The Morgan fingerprint density at radius 2 is 0.904 bits per heavy atom. The Bertz CT molecular complexity index is 1410. The summed E-state index contributed by atoms with van der Waals surface area (Å²) in [5.74, 6) is -0.243. The van der Waals surface area contributed by atoms with Crippen molar-refractivity contribution >= 4 is 5.91 Å². The molecule has 14 nitrogen and oxygen atoms in total. The van der Waals surface area contributed by atoms with Crippen molar-refractivity contribution in [3.63, 3.8) is 0 Å². The Labute approximate surface area is 442 Å². The molecule has 12 atom stereocenters. The van der Waals surface area contributed by atoms with E-state index in [1.54, 1.807) is 6.08 Å². The normalized spacial score (nSPS) is 25.7. The topological polar surface area (TPSA) is 228 Å². The summed E-state index contributed by atoms with van der Waals surface area (Å²) in [5.41, 5.74) is 0. The average molecular weight is 1040 g/mol. The SMILES string of the molecule is CCCCCCC/C=C\C/C=C\C/C=C\CCCCCCCCCCCCCCC(=O)NC(COC1OC(CO)C(OC2OC(CO)C(O)C(O)C2O)C(O)C1O)C(O)/C=C/CCCCCCCCCCCC. The number of carbonyl (C=O) groups is 1. The molecule has 426 valence electrons. The van der Waals surface area contributed by atoms with Crippen LogP contribution in [0.1, 0.15) is 226 Å². The molecule has 14 heteroatoms. The maximum Gasteiger partial charge on any atom is 0.220 e. The zero-order chi connectivity index (χ0) is 53.2. The minimum absolute atomic E-state index is 0.243. The molecule has 2 aliphatic heterocycles. The maximum atomic E-state index is 13.2. The number of hydrogen-bond acceptors (Lipinski definition) is 13. The van der Waals surface area contributed by atoms with Crippen LogP contribution in [-0.4, -0.2) is 140 Å². The standard InChI is InChI=1S/C59H107NO13/c1-3-5-7-9-11-13-15-17-18-19-20-21-22-23-24-25-26-27-28-29-30-31-33-35-37-39-41-43-51(64)60-47(48(63)42-40-38-36-34-32-16-14-12-10-8-6-4-2)46-70-58-56(69)54(67)57(50(45-62)72-58)73-59-55(68)53(66)52(65)49(44-61)71-59/h15,17,19-20,22-23,40,42,47-50,52-59,61-63,65-69H,3-14,16,18,21,24-39,41,43-46H2,1-2H3,(H,60,64)/b17-15-,20-19-,23-22-,42-40+. The first kappa shape index (κ1) is 67.1. The van der Waals surface area contributed by atoms with Gasteiger partial charge in [-0.2, -0.15) is 0 Å². The zero-order valence-corrected chi connectivity index (χ0v) is 45.6. The fourth-order valence-electron chi connectivity index (χ4n) is 9.47. The third kappa shape index (κ3) is 31.1. The fourth-order valence-corrected chi connectivity index (χ4v) is 9.47. The minimum atomic E-state index is -1.79. The fraction of sp³-hybridized carbons (Fsp3) is 0.847. The molecular weight excluding hydrogens is 931 g/mol. The van der Waals surface area contributed by atoms with Crippen LogP contribution in [0.2, 0.25) is 0 Å². The lowest BCUT2D eigenvalue weighted by Crippen LogP contribution is -2.65. The molecular formula is C59H107NO13. The summed E-state index contributed by atoms with van der Waals surface area (Å²) in [6.45, 7) is 2.77. The highest BCUT2D eigenvalue weighted by Crippen LogP contribution is 2.30. The molecule has 2 heterocycles. The molecule has 2 aliphatic rings. The van der Waals surface area contributed by atoms with E-state index in [2.05, 4.69) is 55.6 Å². The van der Waals surface area contributed by atoms with Crippen molar-refractivity contribution in [1.29, 1.82) is 0 Å². The maximum absolute atomic E-state index is 13.2. The number of amides is 1. The van der Waals surface area contributed by atoms with Crippen molar-refractivity contribution in [3.05, 3.63) is 48.6 Å². The lowest BCUT2D eigenvalue weighted by molar-refractivity contribution is -0.359. The van der Waals surface area contributed by atoms with Gasteiger partial charge in [-0.05, 0) is 57.8 Å². The Kier molecular flexibility index (Phi) is 41.4. The van der Waals surface area contributed by atoms with Crippen molar-refractivity contribution in [2.75, 3.05) is 19.8 Å². The van der Waals surface area contributed by atoms with Crippen molar-refractivity contribution in [2.45, 2.75) is 299 Å². The number of ether oxygens (including phenoxy) is 4. The van der Waals surface area contributed by atoms with Crippen LogP contribution in [0.4, 0.5) is 0 Å². The lowest BCUT2D eigenvalue weighted by atomic mass is 9.97. The molecule has 2 fully saturated rings. The third-order valence-electron chi connectivity index (χ3n) is 14.3. The molecule has 0 aliphatic carbocycles. The highest BCUT2D eigenvalue weighted by atomic mass is 16.7. The molecule has 0 aromatic rings. The highest BCUT2D eigenvalue weighted by Gasteiger charge is 2.51. The predicted octanol–water partition coefficient (Wildman–Crippen LogP) is 9.61. The zero-order valence-electron chi connectivity index (χ0n) is 45.6. The number of hydrogen-bond donors (Lipinski definition) is 9. The summed E-state index contributed by atoms with van der Waals surface area (Å²) in [6, 6.07) is -0.915. The summed E-state index contributed by atoms with van der Waals surface area (Å²) in [7, 11) is 0. The number of rotatable bonds is 46. The van der Waals surface area contributed by atoms with Crippen LogP contribution in [0.5, 0.6) is 0 Å². The van der Waals surface area contributed by atoms with E-state index in [-0.39, 0.29) is 18.9 Å². The van der Waals surface area contributed by atoms with Crippen LogP contribution in [-0.2, 0) is 23.7 Å². The van der Waals surface area contributed by atoms with Crippen molar-refractivity contribution in [2.24, 2.45) is 0 Å². The average Bonchev–Trinajstić information content (AvgIpc) is 3.39. The molecule has 12 unspecified atom stereocenters. The van der Waals surface area contributed by atoms with E-state index in [0.717, 1.165) is 51.4 Å². The van der Waals surface area contributed by atoms with E-state index < -0.39 is 86.8 Å². The van der Waals surface area contributed by atoms with Gasteiger partial charge in [0, 0.05) is 6.42 Å². The lowest BCUT2D eigenvalue weighted by Gasteiger charge is -2.46. The van der Waals surface area contributed by atoms with Crippen LogP contribution in [0, 0.1) is 0 Å². The minimum Gasteiger partial charge on any atom is -0.394 e. The second-order valence-electron chi connectivity index (χ2n) is 20.8. The summed E-state index contributed by atoms with van der Waals surface area (Å²) < 4.78 is 22.7. The molecule has 2 rings (SSSR count). The molecule has 0 spiro atoms. The molecule has 0 aromatic carbocycles. The van der Waals surface area contributed by atoms with Gasteiger partial charge >= 0.3 is 0 Å². The largest absolute Gasteiger partial charge is 0.394 e. The van der Waals surface area contributed by atoms with Gasteiger partial charge in [0.1, 0.15) is 48.8 Å². The van der Waals surface area contributed by atoms with E-state index in [4.69, 9.17) is 18.9 Å². The van der Waals surface area contributed by atoms with E-state index >= 15 is 0 Å². The van der Waals surface area contributed by atoms with Gasteiger partial charge in [-0.1, -0.05) is 210 Å². The first-order valence-corrected chi connectivity index (χ1v) is 29.4. The number of aliphatic hydroxyl groups excluding tert-OH is 8. The number of carbonyl (C=O) groups excluding carboxylic acids is 1. The number of allylic oxidation sites excluding steroid dienone is 7. The van der Waals surface area contributed by atoms with Crippen molar-refractivity contribution < 1.29 is 64.6 Å². The van der Waals surface area contributed by atoms with Gasteiger partial charge in [0.2, 0.25) is 5.91 Å². The Balaban J connectivity index is 1.71. The van der Waals surface area contributed by atoms with Gasteiger partial charge in [-0.25, -0.2) is 0 Å². The van der Waals surface area contributed by atoms with Gasteiger partial charge in [-0.3, -0.25) is 4.79 Å². The number of aliphatic hydroxyl groups is 8. The number of nitrogens with one attached hydrogen (secondary N) is 1. The quantitative estimate of drug-likeness (QED) is 0.0205. The molecule has 0 aromatic heterocycles. The first-order chi connectivity index (χ1) is 35.6. The second kappa shape index (κ2) is 45.0. The van der Waals surface area contributed by atoms with Crippen LogP contribution >= 0.6 is 0 Å². The van der Waals surface area contributed by atoms with Gasteiger partial charge in [0.25, 0.3) is 0 Å².